The van der Waals surface area contributed by atoms with Gasteiger partial charge in [-0.2, -0.15) is 10.2 Å². The van der Waals surface area contributed by atoms with Gasteiger partial charge in [0.15, 0.2) is 5.82 Å². The Morgan fingerprint density at radius 1 is 1.24 bits per heavy atom. The largest absolute Gasteiger partial charge is 0.355 e. The maximum Gasteiger partial charge on any atom is 0.224 e. The van der Waals surface area contributed by atoms with Crippen molar-refractivity contribution in [1.29, 1.82) is 5.26 Å². The molecule has 2 heterocycles. The minimum atomic E-state index is 0.0333. The predicted octanol–water partition coefficient (Wildman–Crippen LogP) is 3.97. The number of piperidine rings is 1. The van der Waals surface area contributed by atoms with E-state index in [2.05, 4.69) is 50.5 Å². The highest BCUT2D eigenvalue weighted by Crippen LogP contribution is 2.32. The van der Waals surface area contributed by atoms with Crippen molar-refractivity contribution in [2.75, 3.05) is 18.0 Å². The van der Waals surface area contributed by atoms with Crippen LogP contribution >= 0.6 is 11.6 Å². The molecule has 29 heavy (non-hydrogen) atoms. The molecule has 1 aliphatic carbocycles. The molecule has 2 aliphatic rings. The van der Waals surface area contributed by atoms with Crippen molar-refractivity contribution >= 4 is 23.3 Å². The molecule has 1 saturated carbocycles. The lowest BCUT2D eigenvalue weighted by molar-refractivity contribution is -0.122. The van der Waals surface area contributed by atoms with E-state index in [4.69, 9.17) is 11.6 Å². The van der Waals surface area contributed by atoms with Gasteiger partial charge in [-0.3, -0.25) is 4.79 Å². The lowest BCUT2D eigenvalue weighted by Crippen LogP contribution is -2.34. The SMILES string of the molecule is C[C@H](NC(=O)C1CC1)c1ccc(C2CCN(c3nc(Cl)ncc3C#N)CC2)cc1. The standard InChI is InChI=1S/C22H24ClN5O/c1-14(26-21(29)18-6-7-18)15-2-4-16(5-3-15)17-8-10-28(11-9-17)20-19(12-24)13-25-22(23)27-20/h2-5,13-14,17-18H,6-11H2,1H3,(H,26,29)/t14-/m0/s1. The van der Waals surface area contributed by atoms with Gasteiger partial charge >= 0.3 is 0 Å². The number of amides is 1. The molecule has 1 aliphatic heterocycles. The van der Waals surface area contributed by atoms with E-state index in [-0.39, 0.29) is 23.2 Å². The maximum absolute atomic E-state index is 12.0. The Morgan fingerprint density at radius 2 is 1.93 bits per heavy atom. The van der Waals surface area contributed by atoms with Crippen LogP contribution in [-0.4, -0.2) is 29.0 Å². The van der Waals surface area contributed by atoms with Crippen LogP contribution in [0.2, 0.25) is 5.28 Å². The quantitative estimate of drug-likeness (QED) is 0.755. The third kappa shape index (κ3) is 4.51. The molecule has 2 fully saturated rings. The summed E-state index contributed by atoms with van der Waals surface area (Å²) in [4.78, 5) is 22.2. The van der Waals surface area contributed by atoms with Gasteiger partial charge in [-0.05, 0) is 61.3 Å². The monoisotopic (exact) mass is 409 g/mol. The molecule has 1 aromatic carbocycles. The number of nitriles is 1. The second-order valence-corrected chi connectivity index (χ2v) is 8.26. The number of nitrogens with zero attached hydrogens (tertiary/aromatic N) is 4. The molecule has 150 valence electrons. The zero-order chi connectivity index (χ0) is 20.4. The minimum absolute atomic E-state index is 0.0333. The van der Waals surface area contributed by atoms with Crippen LogP contribution in [0.15, 0.2) is 30.5 Å². The maximum atomic E-state index is 12.0. The van der Waals surface area contributed by atoms with Crippen molar-refractivity contribution in [2.45, 2.75) is 44.6 Å². The Morgan fingerprint density at radius 3 is 2.55 bits per heavy atom. The lowest BCUT2D eigenvalue weighted by Gasteiger charge is -2.33. The molecule has 6 nitrogen and oxygen atoms in total. The molecule has 0 spiro atoms. The summed E-state index contributed by atoms with van der Waals surface area (Å²) in [6.07, 6.45) is 5.50. The average Bonchev–Trinajstić information content (AvgIpc) is 3.59. The number of nitrogens with one attached hydrogen (secondary N) is 1. The molecule has 1 N–H and O–H groups in total. The fourth-order valence-electron chi connectivity index (χ4n) is 3.91. The van der Waals surface area contributed by atoms with Gasteiger partial charge in [-0.1, -0.05) is 24.3 Å². The van der Waals surface area contributed by atoms with Gasteiger partial charge in [-0.15, -0.1) is 0 Å². The highest BCUT2D eigenvalue weighted by Gasteiger charge is 2.30. The summed E-state index contributed by atoms with van der Waals surface area (Å²) < 4.78 is 0. The number of rotatable bonds is 5. The van der Waals surface area contributed by atoms with Crippen molar-refractivity contribution in [2.24, 2.45) is 5.92 Å². The molecular weight excluding hydrogens is 386 g/mol. The summed E-state index contributed by atoms with van der Waals surface area (Å²) in [6, 6.07) is 10.8. The van der Waals surface area contributed by atoms with E-state index in [0.717, 1.165) is 44.3 Å². The molecule has 1 amide bonds. The van der Waals surface area contributed by atoms with Crippen LogP contribution in [0.1, 0.15) is 61.3 Å². The van der Waals surface area contributed by atoms with Crippen molar-refractivity contribution in [1.82, 2.24) is 15.3 Å². The third-order valence-electron chi connectivity index (χ3n) is 5.87. The number of hydrogen-bond acceptors (Lipinski definition) is 5. The first kappa shape index (κ1) is 19.7. The second-order valence-electron chi connectivity index (χ2n) is 7.92. The zero-order valence-electron chi connectivity index (χ0n) is 16.4. The summed E-state index contributed by atoms with van der Waals surface area (Å²) in [5.41, 5.74) is 2.91. The number of aromatic nitrogens is 2. The number of benzene rings is 1. The molecule has 1 atom stereocenters. The topological polar surface area (TPSA) is 81.9 Å². The first-order chi connectivity index (χ1) is 14.0. The first-order valence-electron chi connectivity index (χ1n) is 10.1. The lowest BCUT2D eigenvalue weighted by atomic mass is 9.88. The normalized spacial score (nSPS) is 18.2. The van der Waals surface area contributed by atoms with Gasteiger partial charge in [0.05, 0.1) is 12.2 Å². The average molecular weight is 410 g/mol. The van der Waals surface area contributed by atoms with E-state index in [1.807, 2.05) is 6.92 Å². The van der Waals surface area contributed by atoms with E-state index >= 15 is 0 Å². The van der Waals surface area contributed by atoms with E-state index in [1.165, 1.54) is 11.8 Å². The number of carbonyl (C=O) groups excluding carboxylic acids is 1. The van der Waals surface area contributed by atoms with Gasteiger partial charge < -0.3 is 10.2 Å². The molecule has 2 aromatic rings. The van der Waals surface area contributed by atoms with Crippen molar-refractivity contribution in [3.8, 4) is 6.07 Å². The van der Waals surface area contributed by atoms with Gasteiger partial charge in [0.25, 0.3) is 0 Å². The minimum Gasteiger partial charge on any atom is -0.355 e. The highest BCUT2D eigenvalue weighted by molar-refractivity contribution is 6.28. The van der Waals surface area contributed by atoms with Crippen LogP contribution in [0.25, 0.3) is 0 Å². The third-order valence-corrected chi connectivity index (χ3v) is 6.05. The smallest absolute Gasteiger partial charge is 0.224 e. The Hall–Kier alpha value is -2.65. The van der Waals surface area contributed by atoms with Crippen molar-refractivity contribution < 1.29 is 4.79 Å². The Labute approximate surface area is 175 Å². The van der Waals surface area contributed by atoms with Crippen LogP contribution in [0.5, 0.6) is 0 Å². The Kier molecular flexibility index (Phi) is 5.68. The van der Waals surface area contributed by atoms with Crippen LogP contribution in [0.3, 0.4) is 0 Å². The fraction of sp³-hybridized carbons (Fsp3) is 0.455. The van der Waals surface area contributed by atoms with Crippen LogP contribution in [0, 0.1) is 17.2 Å². The van der Waals surface area contributed by atoms with E-state index in [0.29, 0.717) is 17.3 Å². The molecular formula is C22H24ClN5O. The van der Waals surface area contributed by atoms with E-state index in [9.17, 15) is 10.1 Å². The molecule has 1 aromatic heterocycles. The summed E-state index contributed by atoms with van der Waals surface area (Å²) in [6.45, 7) is 3.68. The molecule has 0 unspecified atom stereocenters. The number of anilines is 1. The molecule has 7 heteroatoms. The van der Waals surface area contributed by atoms with Crippen molar-refractivity contribution in [3.05, 3.63) is 52.4 Å². The number of halogens is 1. The molecule has 4 rings (SSSR count). The summed E-state index contributed by atoms with van der Waals surface area (Å²) in [5, 5.41) is 12.6. The molecule has 0 bridgehead atoms. The number of hydrogen-bond donors (Lipinski definition) is 1. The van der Waals surface area contributed by atoms with Crippen molar-refractivity contribution in [3.63, 3.8) is 0 Å². The van der Waals surface area contributed by atoms with Gasteiger partial charge in [0.1, 0.15) is 11.6 Å². The second kappa shape index (κ2) is 8.38. The zero-order valence-corrected chi connectivity index (χ0v) is 17.2. The molecule has 0 radical (unpaired) electrons. The van der Waals surface area contributed by atoms with Gasteiger partial charge in [0.2, 0.25) is 11.2 Å². The highest BCUT2D eigenvalue weighted by atomic mass is 35.5. The Bertz CT molecular complexity index is 927. The predicted molar refractivity (Wildman–Crippen MR) is 112 cm³/mol. The van der Waals surface area contributed by atoms with Gasteiger partial charge in [-0.25, -0.2) is 4.98 Å². The number of carbonyl (C=O) groups is 1. The first-order valence-corrected chi connectivity index (χ1v) is 10.5. The fourth-order valence-corrected chi connectivity index (χ4v) is 4.04. The van der Waals surface area contributed by atoms with Gasteiger partial charge in [0, 0.05) is 19.0 Å². The summed E-state index contributed by atoms with van der Waals surface area (Å²) in [5.74, 6) is 1.50. The van der Waals surface area contributed by atoms with Crippen LogP contribution in [-0.2, 0) is 4.79 Å². The molecule has 1 saturated heterocycles. The van der Waals surface area contributed by atoms with E-state index in [1.54, 1.807) is 0 Å². The summed E-state index contributed by atoms with van der Waals surface area (Å²) >= 11 is 5.93. The summed E-state index contributed by atoms with van der Waals surface area (Å²) in [7, 11) is 0. The van der Waals surface area contributed by atoms with E-state index < -0.39 is 0 Å². The van der Waals surface area contributed by atoms with Crippen LogP contribution in [0.4, 0.5) is 5.82 Å². The Balaban J connectivity index is 1.37. The van der Waals surface area contributed by atoms with Crippen LogP contribution < -0.4 is 10.2 Å².